The molecule has 1 N–H and O–H groups in total. The maximum absolute atomic E-state index is 11.2. The van der Waals surface area contributed by atoms with Crippen LogP contribution in [-0.2, 0) is 0 Å². The first-order chi connectivity index (χ1) is 9.42. The maximum Gasteiger partial charge on any atom is 0.335 e. The lowest BCUT2D eigenvalue weighted by Crippen LogP contribution is -1.99. The molecule has 0 amide bonds. The summed E-state index contributed by atoms with van der Waals surface area (Å²) in [6.45, 7) is 5.91. The number of hydrogen-bond donors (Lipinski definition) is 1. The Bertz CT molecular complexity index is 672. The second-order valence-corrected chi connectivity index (χ2v) is 5.05. The predicted octanol–water partition coefficient (Wildman–Crippen LogP) is 3.99. The molecular formula is C17H18O3. The van der Waals surface area contributed by atoms with Gasteiger partial charge >= 0.3 is 5.97 Å². The molecule has 0 aromatic heterocycles. The van der Waals surface area contributed by atoms with Gasteiger partial charge in [-0.2, -0.15) is 0 Å². The molecule has 0 fully saturated rings. The number of carboxylic acid groups (broad SMARTS) is 1. The first-order valence-electron chi connectivity index (χ1n) is 6.43. The molecule has 0 aliphatic heterocycles. The summed E-state index contributed by atoms with van der Waals surface area (Å²) in [5, 5.41) is 9.19. The Kier molecular flexibility index (Phi) is 3.79. The minimum absolute atomic E-state index is 0.294. The van der Waals surface area contributed by atoms with Crippen LogP contribution in [0.5, 0.6) is 5.75 Å². The van der Waals surface area contributed by atoms with Crippen molar-refractivity contribution >= 4 is 5.97 Å². The van der Waals surface area contributed by atoms with Crippen LogP contribution in [0.1, 0.15) is 27.0 Å². The van der Waals surface area contributed by atoms with E-state index in [9.17, 15) is 9.90 Å². The van der Waals surface area contributed by atoms with Gasteiger partial charge in [-0.05, 0) is 61.2 Å². The molecule has 0 bridgehead atoms. The van der Waals surface area contributed by atoms with E-state index in [4.69, 9.17) is 4.74 Å². The number of methoxy groups -OCH3 is 1. The van der Waals surface area contributed by atoms with E-state index in [0.717, 1.165) is 33.6 Å². The SMILES string of the molecule is COc1cc(C)cc(C)c1-c1cc(C)cc(C(=O)O)c1. The molecule has 104 valence electrons. The van der Waals surface area contributed by atoms with E-state index in [-0.39, 0.29) is 0 Å². The Morgan fingerprint density at radius 3 is 2.25 bits per heavy atom. The second-order valence-electron chi connectivity index (χ2n) is 5.05. The molecule has 0 aliphatic carbocycles. The van der Waals surface area contributed by atoms with Gasteiger partial charge in [0.25, 0.3) is 0 Å². The lowest BCUT2D eigenvalue weighted by Gasteiger charge is -2.14. The van der Waals surface area contributed by atoms with Crippen LogP contribution in [0, 0.1) is 20.8 Å². The summed E-state index contributed by atoms with van der Waals surface area (Å²) < 4.78 is 5.45. The van der Waals surface area contributed by atoms with Crippen molar-refractivity contribution in [3.63, 3.8) is 0 Å². The normalized spacial score (nSPS) is 10.4. The molecule has 2 aromatic rings. The van der Waals surface area contributed by atoms with E-state index in [1.165, 1.54) is 0 Å². The average molecular weight is 270 g/mol. The van der Waals surface area contributed by atoms with Crippen LogP contribution in [0.4, 0.5) is 0 Å². The van der Waals surface area contributed by atoms with E-state index < -0.39 is 5.97 Å². The Balaban J connectivity index is 2.71. The van der Waals surface area contributed by atoms with Crippen LogP contribution < -0.4 is 4.74 Å². The Hall–Kier alpha value is -2.29. The minimum Gasteiger partial charge on any atom is -0.496 e. The van der Waals surface area contributed by atoms with Crippen LogP contribution in [0.25, 0.3) is 11.1 Å². The van der Waals surface area contributed by atoms with E-state index >= 15 is 0 Å². The summed E-state index contributed by atoms with van der Waals surface area (Å²) in [5.41, 5.74) is 5.23. The molecule has 0 atom stereocenters. The Morgan fingerprint density at radius 2 is 1.65 bits per heavy atom. The highest BCUT2D eigenvalue weighted by atomic mass is 16.5. The van der Waals surface area contributed by atoms with Crippen LogP contribution in [0.2, 0.25) is 0 Å². The Morgan fingerprint density at radius 1 is 1.00 bits per heavy atom. The Labute approximate surface area is 118 Å². The molecule has 0 unspecified atom stereocenters. The standard InChI is InChI=1S/C17H18O3/c1-10-5-12(3)16(15(8-10)20-4)13-6-11(2)7-14(9-13)17(18)19/h5-9H,1-4H3,(H,18,19). The minimum atomic E-state index is -0.918. The molecule has 3 nitrogen and oxygen atoms in total. The van der Waals surface area contributed by atoms with E-state index in [1.54, 1.807) is 19.2 Å². The van der Waals surface area contributed by atoms with Crippen molar-refractivity contribution in [1.29, 1.82) is 0 Å². The monoisotopic (exact) mass is 270 g/mol. The number of aryl methyl sites for hydroxylation is 3. The van der Waals surface area contributed by atoms with Gasteiger partial charge in [-0.25, -0.2) is 4.79 Å². The highest BCUT2D eigenvalue weighted by molar-refractivity contribution is 5.90. The zero-order chi connectivity index (χ0) is 14.9. The van der Waals surface area contributed by atoms with Crippen molar-refractivity contribution in [2.75, 3.05) is 7.11 Å². The number of rotatable bonds is 3. The number of carbonyl (C=O) groups is 1. The average Bonchev–Trinajstić information content (AvgIpc) is 2.36. The molecule has 0 heterocycles. The third-order valence-corrected chi connectivity index (χ3v) is 3.28. The highest BCUT2D eigenvalue weighted by Crippen LogP contribution is 2.35. The fourth-order valence-corrected chi connectivity index (χ4v) is 2.51. The van der Waals surface area contributed by atoms with Crippen LogP contribution in [0.3, 0.4) is 0 Å². The zero-order valence-corrected chi connectivity index (χ0v) is 12.2. The summed E-state index contributed by atoms with van der Waals surface area (Å²) in [4.78, 5) is 11.2. The predicted molar refractivity (Wildman–Crippen MR) is 79.6 cm³/mol. The number of carboxylic acids is 1. The van der Waals surface area contributed by atoms with Gasteiger partial charge in [0.15, 0.2) is 0 Å². The first-order valence-corrected chi connectivity index (χ1v) is 6.43. The van der Waals surface area contributed by atoms with Gasteiger partial charge in [-0.15, -0.1) is 0 Å². The summed E-state index contributed by atoms with van der Waals surface area (Å²) in [6.07, 6.45) is 0. The summed E-state index contributed by atoms with van der Waals surface area (Å²) in [7, 11) is 1.63. The molecule has 0 aliphatic rings. The van der Waals surface area contributed by atoms with Gasteiger partial charge in [0.05, 0.1) is 12.7 Å². The van der Waals surface area contributed by atoms with Crippen molar-refractivity contribution in [1.82, 2.24) is 0 Å². The highest BCUT2D eigenvalue weighted by Gasteiger charge is 2.13. The number of benzene rings is 2. The van der Waals surface area contributed by atoms with Gasteiger partial charge in [0, 0.05) is 5.56 Å². The molecular weight excluding hydrogens is 252 g/mol. The molecule has 0 spiro atoms. The first kappa shape index (κ1) is 14.1. The van der Waals surface area contributed by atoms with Crippen LogP contribution >= 0.6 is 0 Å². The number of aromatic carboxylic acids is 1. The summed E-state index contributed by atoms with van der Waals surface area (Å²) in [5.74, 6) is -0.150. The number of ether oxygens (including phenoxy) is 1. The molecule has 2 rings (SSSR count). The summed E-state index contributed by atoms with van der Waals surface area (Å²) >= 11 is 0. The van der Waals surface area contributed by atoms with Crippen molar-refractivity contribution in [3.05, 3.63) is 52.6 Å². The van der Waals surface area contributed by atoms with Gasteiger partial charge in [0.1, 0.15) is 5.75 Å². The fraction of sp³-hybridized carbons (Fsp3) is 0.235. The van der Waals surface area contributed by atoms with Gasteiger partial charge in [-0.3, -0.25) is 0 Å². The van der Waals surface area contributed by atoms with Crippen molar-refractivity contribution in [2.45, 2.75) is 20.8 Å². The molecule has 20 heavy (non-hydrogen) atoms. The third kappa shape index (κ3) is 2.67. The number of hydrogen-bond acceptors (Lipinski definition) is 2. The van der Waals surface area contributed by atoms with Crippen molar-refractivity contribution in [3.8, 4) is 16.9 Å². The fourth-order valence-electron chi connectivity index (χ4n) is 2.51. The van der Waals surface area contributed by atoms with Gasteiger partial charge < -0.3 is 9.84 Å². The third-order valence-electron chi connectivity index (χ3n) is 3.28. The zero-order valence-electron chi connectivity index (χ0n) is 12.2. The van der Waals surface area contributed by atoms with E-state index in [0.29, 0.717) is 5.56 Å². The van der Waals surface area contributed by atoms with Crippen LogP contribution in [-0.4, -0.2) is 18.2 Å². The van der Waals surface area contributed by atoms with Gasteiger partial charge in [-0.1, -0.05) is 12.1 Å². The lowest BCUT2D eigenvalue weighted by atomic mass is 9.94. The molecule has 2 aromatic carbocycles. The van der Waals surface area contributed by atoms with Crippen molar-refractivity contribution < 1.29 is 14.6 Å². The van der Waals surface area contributed by atoms with E-state index in [2.05, 4.69) is 6.07 Å². The second kappa shape index (κ2) is 5.37. The lowest BCUT2D eigenvalue weighted by molar-refractivity contribution is 0.0697. The molecule has 3 heteroatoms. The van der Waals surface area contributed by atoms with Crippen LogP contribution in [0.15, 0.2) is 30.3 Å². The quantitative estimate of drug-likeness (QED) is 0.917. The maximum atomic E-state index is 11.2. The largest absolute Gasteiger partial charge is 0.496 e. The topological polar surface area (TPSA) is 46.5 Å². The van der Waals surface area contributed by atoms with E-state index in [1.807, 2.05) is 32.9 Å². The summed E-state index contributed by atoms with van der Waals surface area (Å²) in [6, 6.07) is 9.37. The van der Waals surface area contributed by atoms with Gasteiger partial charge in [0.2, 0.25) is 0 Å². The molecule has 0 radical (unpaired) electrons. The molecule has 0 saturated heterocycles. The molecule has 0 saturated carbocycles. The smallest absolute Gasteiger partial charge is 0.335 e. The van der Waals surface area contributed by atoms with Crippen molar-refractivity contribution in [2.24, 2.45) is 0 Å².